The first-order valence-corrected chi connectivity index (χ1v) is 11.4. The van der Waals surface area contributed by atoms with Gasteiger partial charge in [0.05, 0.1) is 11.3 Å². The first-order chi connectivity index (χ1) is 17.4. The molecule has 1 aliphatic rings. The largest absolute Gasteiger partial charge is 0.454 e. The van der Waals surface area contributed by atoms with E-state index in [9.17, 15) is 23.2 Å². The number of benzene rings is 2. The van der Waals surface area contributed by atoms with E-state index in [-0.39, 0.29) is 40.4 Å². The third-order valence-electron chi connectivity index (χ3n) is 4.72. The molecule has 0 radical (unpaired) electrons. The number of fused-ring (bicyclic) bond motifs is 1. The Bertz CT molecular complexity index is 1270. The molecule has 2 aromatic carbocycles. The summed E-state index contributed by atoms with van der Waals surface area (Å²) in [4.78, 5) is 41.4. The van der Waals surface area contributed by atoms with Crippen molar-refractivity contribution in [2.75, 3.05) is 24.5 Å². The Morgan fingerprint density at radius 2 is 1.83 bits per heavy atom. The van der Waals surface area contributed by atoms with E-state index >= 15 is 0 Å². The summed E-state index contributed by atoms with van der Waals surface area (Å²) >= 11 is 1.03. The highest BCUT2D eigenvalue weighted by Crippen LogP contribution is 2.34. The molecule has 0 fully saturated rings. The van der Waals surface area contributed by atoms with E-state index in [0.717, 1.165) is 11.8 Å². The van der Waals surface area contributed by atoms with Crippen LogP contribution in [0.15, 0.2) is 65.8 Å². The van der Waals surface area contributed by atoms with Gasteiger partial charge >= 0.3 is 12.6 Å². The van der Waals surface area contributed by atoms with Crippen LogP contribution in [0.25, 0.3) is 0 Å². The summed E-state index contributed by atoms with van der Waals surface area (Å²) in [6, 6.07) is 13.0. The molecule has 0 saturated carbocycles. The van der Waals surface area contributed by atoms with Crippen molar-refractivity contribution in [3.05, 3.63) is 71.9 Å². The number of Topliss-reactive ketones (excluding diaryl/α,β-unsaturated/α-hetero) is 1. The molecule has 0 atom stereocenters. The lowest BCUT2D eigenvalue weighted by atomic mass is 10.1. The van der Waals surface area contributed by atoms with Gasteiger partial charge in [0, 0.05) is 23.5 Å². The number of halogens is 2. The Morgan fingerprint density at radius 1 is 1.06 bits per heavy atom. The molecule has 0 spiro atoms. The van der Waals surface area contributed by atoms with Crippen LogP contribution >= 0.6 is 11.8 Å². The average molecular weight is 516 g/mol. The van der Waals surface area contributed by atoms with Crippen molar-refractivity contribution >= 4 is 35.1 Å². The predicted octanol–water partition coefficient (Wildman–Crippen LogP) is 4.18. The summed E-state index contributed by atoms with van der Waals surface area (Å²) < 4.78 is 44.3. The molecule has 3 aromatic rings. The van der Waals surface area contributed by atoms with Crippen molar-refractivity contribution in [1.29, 1.82) is 0 Å². The Balaban J connectivity index is 1.30. The standard InChI is InChI=1S/C24H18F2N2O7S/c25-24(26)35-16-6-3-14(4-7-16)18(29)11-32-23(31)17-2-1-9-27-22(17)36-12-21(30)28-15-5-8-19-20(10-15)34-13-33-19/h1-10,24H,11-13H2,(H,28,30). The molecule has 1 N–H and O–H groups in total. The number of esters is 1. The highest BCUT2D eigenvalue weighted by molar-refractivity contribution is 8.00. The second-order valence-electron chi connectivity index (χ2n) is 7.16. The summed E-state index contributed by atoms with van der Waals surface area (Å²) in [5.41, 5.74) is 0.773. The second kappa shape index (κ2) is 11.5. The molecule has 0 unspecified atom stereocenters. The van der Waals surface area contributed by atoms with Gasteiger partial charge in [0.1, 0.15) is 10.8 Å². The maximum absolute atomic E-state index is 12.6. The molecule has 12 heteroatoms. The molecule has 0 bridgehead atoms. The number of nitrogens with one attached hydrogen (secondary N) is 1. The molecule has 1 amide bonds. The van der Waals surface area contributed by atoms with Crippen LogP contribution in [0, 0.1) is 0 Å². The summed E-state index contributed by atoms with van der Waals surface area (Å²) in [5, 5.41) is 2.98. The summed E-state index contributed by atoms with van der Waals surface area (Å²) in [6.07, 6.45) is 1.46. The SMILES string of the molecule is O=C(CSc1ncccc1C(=O)OCC(=O)c1ccc(OC(F)F)cc1)Nc1ccc2c(c1)OCO2. The van der Waals surface area contributed by atoms with Crippen molar-refractivity contribution < 1.29 is 42.1 Å². The lowest BCUT2D eigenvalue weighted by molar-refractivity contribution is -0.113. The number of ketones is 1. The number of pyridine rings is 1. The van der Waals surface area contributed by atoms with Crippen LogP contribution in [0.5, 0.6) is 17.2 Å². The lowest BCUT2D eigenvalue weighted by Gasteiger charge is -2.09. The third-order valence-corrected chi connectivity index (χ3v) is 5.73. The minimum atomic E-state index is -2.98. The number of ether oxygens (including phenoxy) is 4. The number of rotatable bonds is 10. The number of aromatic nitrogens is 1. The fraction of sp³-hybridized carbons (Fsp3) is 0.167. The number of thioether (sulfide) groups is 1. The van der Waals surface area contributed by atoms with E-state index in [1.807, 2.05) is 0 Å². The van der Waals surface area contributed by atoms with Gasteiger partial charge in [0.25, 0.3) is 0 Å². The molecule has 4 rings (SSSR count). The van der Waals surface area contributed by atoms with Crippen LogP contribution in [0.1, 0.15) is 20.7 Å². The van der Waals surface area contributed by atoms with Gasteiger partial charge < -0.3 is 24.3 Å². The van der Waals surface area contributed by atoms with E-state index < -0.39 is 25.0 Å². The molecular formula is C24H18F2N2O7S. The van der Waals surface area contributed by atoms with Gasteiger partial charge in [-0.05, 0) is 48.5 Å². The zero-order valence-corrected chi connectivity index (χ0v) is 19.3. The zero-order chi connectivity index (χ0) is 25.5. The number of alkyl halides is 2. The van der Waals surface area contributed by atoms with Gasteiger partial charge in [-0.2, -0.15) is 8.78 Å². The smallest absolute Gasteiger partial charge is 0.387 e. The van der Waals surface area contributed by atoms with E-state index in [0.29, 0.717) is 17.2 Å². The molecule has 1 aliphatic heterocycles. The van der Waals surface area contributed by atoms with Gasteiger partial charge in [-0.15, -0.1) is 0 Å². The monoisotopic (exact) mass is 516 g/mol. The van der Waals surface area contributed by atoms with Crippen molar-refractivity contribution in [3.8, 4) is 17.2 Å². The Hall–Kier alpha value is -4.19. The van der Waals surface area contributed by atoms with Crippen LogP contribution < -0.4 is 19.5 Å². The van der Waals surface area contributed by atoms with Crippen molar-refractivity contribution in [1.82, 2.24) is 4.98 Å². The highest BCUT2D eigenvalue weighted by Gasteiger charge is 2.19. The number of carbonyl (C=O) groups excluding carboxylic acids is 3. The topological polar surface area (TPSA) is 113 Å². The first-order valence-electron chi connectivity index (χ1n) is 10.4. The molecule has 0 aliphatic carbocycles. The number of hydrogen-bond acceptors (Lipinski definition) is 9. The number of anilines is 1. The number of nitrogens with zero attached hydrogens (tertiary/aromatic N) is 1. The maximum Gasteiger partial charge on any atom is 0.387 e. The molecular weight excluding hydrogens is 498 g/mol. The second-order valence-corrected chi connectivity index (χ2v) is 8.13. The summed E-state index contributed by atoms with van der Waals surface area (Å²) in [6.45, 7) is -3.43. The summed E-state index contributed by atoms with van der Waals surface area (Å²) in [5.74, 6) is -0.688. The highest BCUT2D eigenvalue weighted by atomic mass is 32.2. The quantitative estimate of drug-likeness (QED) is 0.241. The Kier molecular flexibility index (Phi) is 7.95. The average Bonchev–Trinajstić information content (AvgIpc) is 3.34. The minimum absolute atomic E-state index is 0.0439. The molecule has 36 heavy (non-hydrogen) atoms. The number of amides is 1. The van der Waals surface area contributed by atoms with Crippen LogP contribution in [0.2, 0.25) is 0 Å². The molecule has 9 nitrogen and oxygen atoms in total. The Morgan fingerprint density at radius 3 is 2.61 bits per heavy atom. The van der Waals surface area contributed by atoms with Gasteiger partial charge in [-0.25, -0.2) is 9.78 Å². The van der Waals surface area contributed by atoms with E-state index in [1.54, 1.807) is 18.2 Å². The van der Waals surface area contributed by atoms with Gasteiger partial charge in [0.15, 0.2) is 23.9 Å². The third kappa shape index (κ3) is 6.48. The van der Waals surface area contributed by atoms with Gasteiger partial charge in [-0.3, -0.25) is 9.59 Å². The van der Waals surface area contributed by atoms with Crippen LogP contribution in [0.3, 0.4) is 0 Å². The summed E-state index contributed by atoms with van der Waals surface area (Å²) in [7, 11) is 0. The van der Waals surface area contributed by atoms with Crippen LogP contribution in [0.4, 0.5) is 14.5 Å². The zero-order valence-electron chi connectivity index (χ0n) is 18.4. The van der Waals surface area contributed by atoms with E-state index in [1.165, 1.54) is 42.6 Å². The van der Waals surface area contributed by atoms with Gasteiger partial charge in [0.2, 0.25) is 12.7 Å². The lowest BCUT2D eigenvalue weighted by Crippen LogP contribution is -2.16. The molecule has 186 valence electrons. The normalized spacial score (nSPS) is 11.8. The van der Waals surface area contributed by atoms with Gasteiger partial charge in [-0.1, -0.05) is 11.8 Å². The number of hydrogen-bond donors (Lipinski definition) is 1. The van der Waals surface area contributed by atoms with Crippen LogP contribution in [-0.2, 0) is 9.53 Å². The predicted molar refractivity (Wildman–Crippen MR) is 124 cm³/mol. The Labute approximate surface area is 207 Å². The fourth-order valence-corrected chi connectivity index (χ4v) is 3.86. The molecule has 2 heterocycles. The first kappa shape index (κ1) is 24.9. The van der Waals surface area contributed by atoms with E-state index in [4.69, 9.17) is 14.2 Å². The van der Waals surface area contributed by atoms with Crippen molar-refractivity contribution in [3.63, 3.8) is 0 Å². The van der Waals surface area contributed by atoms with Crippen molar-refractivity contribution in [2.45, 2.75) is 11.6 Å². The fourth-order valence-electron chi connectivity index (χ4n) is 3.08. The number of carbonyl (C=O) groups is 3. The molecule has 0 saturated heterocycles. The molecule has 1 aromatic heterocycles. The maximum atomic E-state index is 12.6. The van der Waals surface area contributed by atoms with Crippen LogP contribution in [-0.4, -0.2) is 48.4 Å². The van der Waals surface area contributed by atoms with E-state index in [2.05, 4.69) is 15.0 Å². The minimum Gasteiger partial charge on any atom is -0.454 e. The van der Waals surface area contributed by atoms with Crippen molar-refractivity contribution in [2.24, 2.45) is 0 Å².